The van der Waals surface area contributed by atoms with Gasteiger partial charge >= 0.3 is 6.09 Å². The van der Waals surface area contributed by atoms with Gasteiger partial charge in [-0.2, -0.15) is 0 Å². The monoisotopic (exact) mass is 284 g/mol. The number of hydrogen-bond acceptors (Lipinski definition) is 3. The van der Waals surface area contributed by atoms with Crippen LogP contribution in [-0.4, -0.2) is 30.7 Å². The van der Waals surface area contributed by atoms with E-state index >= 15 is 0 Å². The summed E-state index contributed by atoms with van der Waals surface area (Å²) in [5, 5.41) is 5.81. The van der Waals surface area contributed by atoms with E-state index in [1.165, 1.54) is 13.5 Å². The minimum absolute atomic E-state index is 0.0200. The summed E-state index contributed by atoms with van der Waals surface area (Å²) in [5.41, 5.74) is -0.0970. The summed E-state index contributed by atoms with van der Waals surface area (Å²) in [7, 11) is 1.30. The van der Waals surface area contributed by atoms with E-state index in [-0.39, 0.29) is 17.4 Å². The molecule has 1 aliphatic carbocycles. The van der Waals surface area contributed by atoms with E-state index in [2.05, 4.69) is 22.3 Å². The van der Waals surface area contributed by atoms with Gasteiger partial charge in [-0.3, -0.25) is 4.79 Å². The Balaban J connectivity index is 2.71. The van der Waals surface area contributed by atoms with Crippen molar-refractivity contribution < 1.29 is 14.3 Å². The van der Waals surface area contributed by atoms with Crippen molar-refractivity contribution in [3.05, 3.63) is 0 Å². The predicted octanol–water partition coefficient (Wildman–Crippen LogP) is 2.60. The lowest BCUT2D eigenvalue weighted by molar-refractivity contribution is -0.126. The van der Waals surface area contributed by atoms with Gasteiger partial charge < -0.3 is 15.4 Å². The fourth-order valence-electron chi connectivity index (χ4n) is 2.86. The van der Waals surface area contributed by atoms with Gasteiger partial charge in [0.05, 0.1) is 7.11 Å². The van der Waals surface area contributed by atoms with Crippen LogP contribution in [0.15, 0.2) is 0 Å². The Morgan fingerprint density at radius 3 is 2.25 bits per heavy atom. The van der Waals surface area contributed by atoms with Gasteiger partial charge in [-0.15, -0.1) is 0 Å². The average molecular weight is 284 g/mol. The Morgan fingerprint density at radius 1 is 1.20 bits per heavy atom. The fourth-order valence-corrected chi connectivity index (χ4v) is 2.86. The molecule has 0 aliphatic heterocycles. The molecule has 0 aromatic rings. The number of methoxy groups -OCH3 is 1. The van der Waals surface area contributed by atoms with Crippen LogP contribution in [0, 0.1) is 5.92 Å². The molecule has 1 fully saturated rings. The molecule has 1 rings (SSSR count). The zero-order valence-electron chi connectivity index (χ0n) is 13.1. The summed E-state index contributed by atoms with van der Waals surface area (Å²) in [6.45, 7) is 5.95. The van der Waals surface area contributed by atoms with Crippen LogP contribution in [0.5, 0.6) is 0 Å². The number of amides is 2. The number of ether oxygens (including phenoxy) is 1. The molecule has 0 radical (unpaired) electrons. The van der Waals surface area contributed by atoms with Gasteiger partial charge in [0.15, 0.2) is 0 Å². The molecule has 116 valence electrons. The summed E-state index contributed by atoms with van der Waals surface area (Å²) >= 11 is 0. The van der Waals surface area contributed by atoms with Crippen molar-refractivity contribution in [1.82, 2.24) is 10.6 Å². The first-order valence-corrected chi connectivity index (χ1v) is 7.60. The average Bonchev–Trinajstić information content (AvgIpc) is 2.44. The molecular formula is C15H28N2O3. The highest BCUT2D eigenvalue weighted by atomic mass is 16.5. The Labute approximate surface area is 121 Å². The van der Waals surface area contributed by atoms with Gasteiger partial charge in [0.25, 0.3) is 0 Å². The third-order valence-corrected chi connectivity index (χ3v) is 4.28. The maximum atomic E-state index is 12.5. The first-order chi connectivity index (χ1) is 9.44. The van der Waals surface area contributed by atoms with Gasteiger partial charge in [0.1, 0.15) is 6.04 Å². The highest BCUT2D eigenvalue weighted by Crippen LogP contribution is 2.31. The molecule has 0 aromatic heterocycles. The van der Waals surface area contributed by atoms with Crippen LogP contribution in [0.3, 0.4) is 0 Å². The molecule has 0 bridgehead atoms. The van der Waals surface area contributed by atoms with Crippen molar-refractivity contribution >= 4 is 12.0 Å². The topological polar surface area (TPSA) is 67.4 Å². The Kier molecular flexibility index (Phi) is 6.30. The zero-order valence-corrected chi connectivity index (χ0v) is 13.1. The molecule has 2 amide bonds. The third kappa shape index (κ3) is 4.39. The number of alkyl carbamates (subject to hydrolysis) is 1. The van der Waals surface area contributed by atoms with Crippen LogP contribution in [-0.2, 0) is 9.53 Å². The number of hydrogen-bond donors (Lipinski definition) is 2. The Morgan fingerprint density at radius 2 is 1.80 bits per heavy atom. The molecule has 2 N–H and O–H groups in total. The second-order valence-electron chi connectivity index (χ2n) is 6.04. The molecule has 1 saturated carbocycles. The number of nitrogens with one attached hydrogen (secondary N) is 2. The number of rotatable bonds is 5. The standard InChI is InChI=1S/C15H28N2O3/c1-5-15(9-7-6-8-10-15)17-13(18)12(11(2)3)16-14(19)20-4/h11-12H,5-10H2,1-4H3,(H,16,19)(H,17,18). The van der Waals surface area contributed by atoms with Crippen molar-refractivity contribution in [1.29, 1.82) is 0 Å². The predicted molar refractivity (Wildman–Crippen MR) is 78.4 cm³/mol. The molecule has 5 nitrogen and oxygen atoms in total. The van der Waals surface area contributed by atoms with Crippen LogP contribution in [0.25, 0.3) is 0 Å². The van der Waals surface area contributed by atoms with Crippen molar-refractivity contribution in [2.45, 2.75) is 70.9 Å². The van der Waals surface area contributed by atoms with Crippen LogP contribution in [0.2, 0.25) is 0 Å². The van der Waals surface area contributed by atoms with Crippen molar-refractivity contribution in [3.8, 4) is 0 Å². The van der Waals surface area contributed by atoms with E-state index in [0.29, 0.717) is 0 Å². The van der Waals surface area contributed by atoms with Crippen LogP contribution >= 0.6 is 0 Å². The second-order valence-corrected chi connectivity index (χ2v) is 6.04. The Hall–Kier alpha value is -1.26. The molecule has 1 aliphatic rings. The lowest BCUT2D eigenvalue weighted by Gasteiger charge is -2.39. The zero-order chi connectivity index (χ0) is 15.2. The first kappa shape index (κ1) is 16.8. The minimum Gasteiger partial charge on any atom is -0.453 e. The number of carbonyl (C=O) groups excluding carboxylic acids is 2. The second kappa shape index (κ2) is 7.50. The van der Waals surface area contributed by atoms with Gasteiger partial charge in [-0.1, -0.05) is 40.0 Å². The van der Waals surface area contributed by atoms with Crippen molar-refractivity contribution in [3.63, 3.8) is 0 Å². The van der Waals surface area contributed by atoms with Gasteiger partial charge in [-0.05, 0) is 25.2 Å². The maximum absolute atomic E-state index is 12.5. The van der Waals surface area contributed by atoms with Crippen LogP contribution < -0.4 is 10.6 Å². The lowest BCUT2D eigenvalue weighted by atomic mass is 9.79. The largest absolute Gasteiger partial charge is 0.453 e. The van der Waals surface area contributed by atoms with E-state index in [1.807, 2.05) is 13.8 Å². The van der Waals surface area contributed by atoms with Gasteiger partial charge in [0, 0.05) is 5.54 Å². The van der Waals surface area contributed by atoms with E-state index < -0.39 is 12.1 Å². The van der Waals surface area contributed by atoms with E-state index in [9.17, 15) is 9.59 Å². The maximum Gasteiger partial charge on any atom is 0.407 e. The third-order valence-electron chi connectivity index (χ3n) is 4.28. The van der Waals surface area contributed by atoms with Crippen LogP contribution in [0.4, 0.5) is 4.79 Å². The summed E-state index contributed by atoms with van der Waals surface area (Å²) in [6.07, 6.45) is 5.98. The number of carbonyl (C=O) groups is 2. The molecule has 0 aromatic carbocycles. The van der Waals surface area contributed by atoms with Gasteiger partial charge in [-0.25, -0.2) is 4.79 Å². The summed E-state index contributed by atoms with van der Waals surface area (Å²) in [6, 6.07) is -0.548. The SMILES string of the molecule is CCC1(NC(=O)C(NC(=O)OC)C(C)C)CCCCC1. The molecule has 5 heteroatoms. The molecule has 0 saturated heterocycles. The van der Waals surface area contributed by atoms with Crippen molar-refractivity contribution in [2.24, 2.45) is 5.92 Å². The summed E-state index contributed by atoms with van der Waals surface area (Å²) < 4.78 is 4.59. The molecule has 1 atom stereocenters. The molecule has 1 unspecified atom stereocenters. The normalized spacial score (nSPS) is 19.2. The molecule has 20 heavy (non-hydrogen) atoms. The highest BCUT2D eigenvalue weighted by molar-refractivity contribution is 5.86. The van der Waals surface area contributed by atoms with Crippen molar-refractivity contribution in [2.75, 3.05) is 7.11 Å². The summed E-state index contributed by atoms with van der Waals surface area (Å²) in [5.74, 6) is -0.0826. The molecule has 0 spiro atoms. The Bertz CT molecular complexity index is 336. The highest BCUT2D eigenvalue weighted by Gasteiger charge is 2.35. The first-order valence-electron chi connectivity index (χ1n) is 7.60. The summed E-state index contributed by atoms with van der Waals surface area (Å²) in [4.78, 5) is 23.8. The molecule has 0 heterocycles. The van der Waals surface area contributed by atoms with Crippen LogP contribution in [0.1, 0.15) is 59.3 Å². The fraction of sp³-hybridized carbons (Fsp3) is 0.867. The minimum atomic E-state index is -0.562. The van der Waals surface area contributed by atoms with E-state index in [4.69, 9.17) is 0 Å². The van der Waals surface area contributed by atoms with Gasteiger partial charge in [0.2, 0.25) is 5.91 Å². The quantitative estimate of drug-likeness (QED) is 0.815. The lowest BCUT2D eigenvalue weighted by Crippen LogP contribution is -2.57. The smallest absolute Gasteiger partial charge is 0.407 e. The molecular weight excluding hydrogens is 256 g/mol. The van der Waals surface area contributed by atoms with E-state index in [0.717, 1.165) is 32.1 Å². The van der Waals surface area contributed by atoms with E-state index in [1.54, 1.807) is 0 Å².